The quantitative estimate of drug-likeness (QED) is 0.206. The number of carbonyl (C=O) groups excluding carboxylic acids is 2. The van der Waals surface area contributed by atoms with Crippen molar-refractivity contribution < 1.29 is 28.5 Å². The van der Waals surface area contributed by atoms with E-state index in [0.717, 1.165) is 38.0 Å². The van der Waals surface area contributed by atoms with Gasteiger partial charge in [-0.2, -0.15) is 0 Å². The second-order valence-corrected chi connectivity index (χ2v) is 11.8. The van der Waals surface area contributed by atoms with E-state index in [1.165, 1.54) is 27.8 Å². The van der Waals surface area contributed by atoms with Gasteiger partial charge >= 0.3 is 12.0 Å². The number of nitrogens with one attached hydrogen (secondary N) is 2. The van der Waals surface area contributed by atoms with Crippen LogP contribution in [0, 0.1) is 11.8 Å². The van der Waals surface area contributed by atoms with Gasteiger partial charge in [0.15, 0.2) is 11.5 Å². The van der Waals surface area contributed by atoms with E-state index in [1.807, 2.05) is 13.0 Å². The van der Waals surface area contributed by atoms with Gasteiger partial charge in [-0.25, -0.2) is 4.79 Å². The highest BCUT2D eigenvalue weighted by atomic mass is 35.5. The summed E-state index contributed by atoms with van der Waals surface area (Å²) in [7, 11) is 4.59. The molecule has 3 rings (SSSR count). The molecule has 1 heterocycles. The minimum Gasteiger partial charge on any atom is -0.493 e. The van der Waals surface area contributed by atoms with Crippen molar-refractivity contribution in [1.82, 2.24) is 10.2 Å². The molecule has 2 aromatic rings. The number of ether oxygens (including phenoxy) is 4. The molecule has 0 saturated carbocycles. The number of nitrogens with zero attached hydrogens (tertiary/aromatic N) is 1. The highest BCUT2D eigenvalue weighted by molar-refractivity contribution is 6.42. The number of piperidine rings is 1. The lowest BCUT2D eigenvalue weighted by Gasteiger charge is -2.34. The van der Waals surface area contributed by atoms with Gasteiger partial charge < -0.3 is 34.5 Å². The number of benzene rings is 2. The smallest absolute Gasteiger partial charge is 0.319 e. The predicted octanol–water partition coefficient (Wildman–Crippen LogP) is 6.83. The summed E-state index contributed by atoms with van der Waals surface area (Å²) in [5.41, 5.74) is 1.44. The molecule has 0 radical (unpaired) electrons. The summed E-state index contributed by atoms with van der Waals surface area (Å²) in [6.07, 6.45) is 5.33. The molecule has 238 valence electrons. The number of halogens is 2. The molecule has 2 N–H and O–H groups in total. The molecule has 11 heteroatoms. The molecule has 2 aromatic carbocycles. The maximum atomic E-state index is 13.3. The largest absolute Gasteiger partial charge is 0.493 e. The van der Waals surface area contributed by atoms with Gasteiger partial charge in [-0.1, -0.05) is 42.6 Å². The first-order valence-corrected chi connectivity index (χ1v) is 15.6. The van der Waals surface area contributed by atoms with Crippen molar-refractivity contribution >= 4 is 40.9 Å². The van der Waals surface area contributed by atoms with Crippen LogP contribution in [-0.4, -0.2) is 70.5 Å². The van der Waals surface area contributed by atoms with Crippen LogP contribution in [0.15, 0.2) is 30.3 Å². The predicted molar refractivity (Wildman–Crippen MR) is 171 cm³/mol. The van der Waals surface area contributed by atoms with Gasteiger partial charge in [0, 0.05) is 24.7 Å². The molecule has 43 heavy (non-hydrogen) atoms. The molecule has 3 unspecified atom stereocenters. The molecule has 0 aliphatic carbocycles. The second-order valence-electron chi connectivity index (χ2n) is 10.9. The number of methoxy groups -OCH3 is 3. The van der Waals surface area contributed by atoms with Crippen LogP contribution in [0.3, 0.4) is 0 Å². The monoisotopic (exact) mass is 637 g/mol. The molecule has 1 fully saturated rings. The summed E-state index contributed by atoms with van der Waals surface area (Å²) in [5.74, 6) is 0.845. The number of esters is 1. The number of anilines is 1. The van der Waals surface area contributed by atoms with Crippen molar-refractivity contribution in [2.24, 2.45) is 11.8 Å². The van der Waals surface area contributed by atoms with Gasteiger partial charge in [0.1, 0.15) is 0 Å². The van der Waals surface area contributed by atoms with Crippen LogP contribution in [0.25, 0.3) is 0 Å². The third-order valence-electron chi connectivity index (χ3n) is 7.89. The average molecular weight is 639 g/mol. The molecule has 0 aromatic heterocycles. The van der Waals surface area contributed by atoms with Gasteiger partial charge in [-0.3, -0.25) is 4.79 Å². The number of hydrogen-bond acceptors (Lipinski definition) is 7. The lowest BCUT2D eigenvalue weighted by molar-refractivity contribution is -0.148. The van der Waals surface area contributed by atoms with Gasteiger partial charge in [-0.05, 0) is 75.7 Å². The number of hydrogen-bond donors (Lipinski definition) is 2. The molecule has 1 saturated heterocycles. The Morgan fingerprint density at radius 2 is 1.60 bits per heavy atom. The Morgan fingerprint density at radius 3 is 2.19 bits per heavy atom. The highest BCUT2D eigenvalue weighted by Crippen LogP contribution is 2.40. The van der Waals surface area contributed by atoms with Crippen LogP contribution in [0.1, 0.15) is 51.5 Å². The highest BCUT2D eigenvalue weighted by Gasteiger charge is 2.27. The minimum atomic E-state index is -0.344. The van der Waals surface area contributed by atoms with E-state index in [-0.39, 0.29) is 29.9 Å². The first-order valence-electron chi connectivity index (χ1n) is 14.9. The van der Waals surface area contributed by atoms with Crippen molar-refractivity contribution in [1.29, 1.82) is 0 Å². The van der Waals surface area contributed by atoms with E-state index in [9.17, 15) is 9.59 Å². The second kappa shape index (κ2) is 17.4. The topological polar surface area (TPSA) is 98.4 Å². The molecule has 3 atom stereocenters. The van der Waals surface area contributed by atoms with Crippen LogP contribution in [0.5, 0.6) is 17.2 Å². The van der Waals surface area contributed by atoms with E-state index in [2.05, 4.69) is 22.5 Å². The lowest BCUT2D eigenvalue weighted by atomic mass is 9.88. The van der Waals surface area contributed by atoms with Crippen molar-refractivity contribution in [3.05, 3.63) is 45.9 Å². The summed E-state index contributed by atoms with van der Waals surface area (Å²) in [6.45, 7) is 6.97. The SMILES string of the molecule is CCOC(=O)C(CCC(C)C(CN1CCCCC1)NC(=O)Nc1cc(OC)c(OC)c(OC)c1)Cc1ccc(Cl)c(Cl)c1. The molecule has 2 amide bonds. The Morgan fingerprint density at radius 1 is 0.930 bits per heavy atom. The Hall–Kier alpha value is -2.88. The fourth-order valence-corrected chi connectivity index (χ4v) is 5.78. The van der Waals surface area contributed by atoms with E-state index in [4.69, 9.17) is 42.1 Å². The molecular formula is C32H45Cl2N3O6. The number of amides is 2. The Balaban J connectivity index is 1.73. The van der Waals surface area contributed by atoms with E-state index >= 15 is 0 Å². The number of rotatable bonds is 15. The standard InChI is InChI=1S/C32H45Cl2N3O6/c1-6-43-31(38)23(16-22-11-13-25(33)26(34)17-22)12-10-21(2)27(20-37-14-8-7-9-15-37)36-32(39)35-24-18-28(40-3)30(42-5)29(19-24)41-4/h11,13,17-19,21,23,27H,6-10,12,14-16,20H2,1-5H3,(H2,35,36,39). The zero-order valence-corrected chi connectivity index (χ0v) is 27.4. The third-order valence-corrected chi connectivity index (χ3v) is 8.63. The summed E-state index contributed by atoms with van der Waals surface area (Å²) in [6, 6.07) is 8.34. The van der Waals surface area contributed by atoms with Gasteiger partial charge in [0.2, 0.25) is 5.75 Å². The number of urea groups is 1. The summed E-state index contributed by atoms with van der Waals surface area (Å²) >= 11 is 12.3. The van der Waals surface area contributed by atoms with Crippen molar-refractivity contribution in [2.45, 2.75) is 58.4 Å². The third kappa shape index (κ3) is 10.4. The number of likely N-dealkylation sites (tertiary alicyclic amines) is 1. The fraction of sp³-hybridized carbons (Fsp3) is 0.562. The van der Waals surface area contributed by atoms with Gasteiger partial charge in [0.25, 0.3) is 0 Å². The van der Waals surface area contributed by atoms with Crippen LogP contribution in [0.4, 0.5) is 10.5 Å². The van der Waals surface area contributed by atoms with E-state index < -0.39 is 0 Å². The average Bonchev–Trinajstić information content (AvgIpc) is 3.00. The Kier molecular flexibility index (Phi) is 14.0. The van der Waals surface area contributed by atoms with Crippen molar-refractivity contribution in [3.8, 4) is 17.2 Å². The zero-order valence-electron chi connectivity index (χ0n) is 25.8. The van der Waals surface area contributed by atoms with E-state index in [0.29, 0.717) is 58.9 Å². The van der Waals surface area contributed by atoms with Crippen LogP contribution in [-0.2, 0) is 16.0 Å². The number of carbonyl (C=O) groups is 2. The van der Waals surface area contributed by atoms with Crippen LogP contribution < -0.4 is 24.8 Å². The molecule has 1 aliphatic heterocycles. The van der Waals surface area contributed by atoms with Crippen molar-refractivity contribution in [3.63, 3.8) is 0 Å². The van der Waals surface area contributed by atoms with Gasteiger partial charge in [-0.15, -0.1) is 0 Å². The molecule has 0 bridgehead atoms. The summed E-state index contributed by atoms with van der Waals surface area (Å²) in [4.78, 5) is 28.6. The molecule has 1 aliphatic rings. The lowest BCUT2D eigenvalue weighted by Crippen LogP contribution is -2.49. The normalized spacial score (nSPS) is 15.6. The minimum absolute atomic E-state index is 0.0818. The van der Waals surface area contributed by atoms with Crippen LogP contribution >= 0.6 is 23.2 Å². The summed E-state index contributed by atoms with van der Waals surface area (Å²) in [5, 5.41) is 7.06. The van der Waals surface area contributed by atoms with Crippen LogP contribution in [0.2, 0.25) is 10.0 Å². The fourth-order valence-electron chi connectivity index (χ4n) is 5.46. The Bertz CT molecular complexity index is 1180. The Labute approximate surface area is 265 Å². The molecule has 9 nitrogen and oxygen atoms in total. The van der Waals surface area contributed by atoms with E-state index in [1.54, 1.807) is 24.3 Å². The van der Waals surface area contributed by atoms with Gasteiger partial charge in [0.05, 0.1) is 49.6 Å². The first-order chi connectivity index (χ1) is 20.7. The van der Waals surface area contributed by atoms with Crippen molar-refractivity contribution in [2.75, 3.05) is 52.9 Å². The first kappa shape index (κ1) is 34.6. The molecule has 0 spiro atoms. The maximum absolute atomic E-state index is 13.3. The summed E-state index contributed by atoms with van der Waals surface area (Å²) < 4.78 is 21.7. The maximum Gasteiger partial charge on any atom is 0.319 e. The molecular weight excluding hydrogens is 593 g/mol. The zero-order chi connectivity index (χ0) is 31.4.